The Kier molecular flexibility index (Phi) is 12.1. The van der Waals surface area contributed by atoms with Crippen molar-refractivity contribution in [2.75, 3.05) is 6.61 Å². The number of esters is 5. The predicted octanol–water partition coefficient (Wildman–Crippen LogP) is 3.28. The van der Waals surface area contributed by atoms with E-state index in [9.17, 15) is 107 Å². The van der Waals surface area contributed by atoms with Gasteiger partial charge in [0.1, 0.15) is 30.0 Å². The third-order valence-electron chi connectivity index (χ3n) is 15.5. The van der Waals surface area contributed by atoms with Gasteiger partial charge in [-0.3, -0.25) is 0 Å². The lowest BCUT2D eigenvalue weighted by Crippen LogP contribution is -2.56. The minimum absolute atomic E-state index is 0.140. The molecule has 6 aliphatic rings. The van der Waals surface area contributed by atoms with E-state index >= 15 is 19.2 Å². The Labute approximate surface area is 479 Å². The quantitative estimate of drug-likeness (QED) is 0.0671. The maximum Gasteiger partial charge on any atom is 0.340 e. The van der Waals surface area contributed by atoms with Gasteiger partial charge in [-0.2, -0.15) is 0 Å². The number of aliphatic hydroxyl groups is 1. The normalized spacial score (nSPS) is 20.9. The molecule has 0 saturated heterocycles. The highest BCUT2D eigenvalue weighted by molar-refractivity contribution is 6.17. The zero-order valence-electron chi connectivity index (χ0n) is 42.9. The Morgan fingerprint density at radius 1 is 0.345 bits per heavy atom. The van der Waals surface area contributed by atoms with E-state index in [-0.39, 0.29) is 11.6 Å². The molecule has 0 spiro atoms. The maximum atomic E-state index is 15.9. The van der Waals surface area contributed by atoms with Crippen LogP contribution in [-0.2, 0) is 30.1 Å². The first-order valence-electron chi connectivity index (χ1n) is 25.0. The monoisotopic (exact) mass is 1210 g/mol. The van der Waals surface area contributed by atoms with Gasteiger partial charge in [-0.15, -0.1) is 0 Å². The Morgan fingerprint density at radius 2 is 0.805 bits per heavy atom. The third-order valence-corrected chi connectivity index (χ3v) is 15.5. The van der Waals surface area contributed by atoms with Crippen LogP contribution in [0.1, 0.15) is 86.1 Å². The van der Waals surface area contributed by atoms with Crippen molar-refractivity contribution < 1.29 is 155 Å². The molecular formula is C56H38O31. The molecule has 87 heavy (non-hydrogen) atoms. The van der Waals surface area contributed by atoms with Crippen molar-refractivity contribution in [3.8, 4) is 148 Å². The van der Waals surface area contributed by atoms with E-state index in [4.69, 9.17) is 28.4 Å². The topological polar surface area (TPSA) is 545 Å². The van der Waals surface area contributed by atoms with E-state index in [1.54, 1.807) is 0 Å². The van der Waals surface area contributed by atoms with Crippen LogP contribution in [-0.4, -0.2) is 169 Å². The van der Waals surface area contributed by atoms with Crippen LogP contribution in [0.25, 0.3) is 33.4 Å². The number of fused-ring (bicyclic) bond motifs is 8. The zero-order valence-corrected chi connectivity index (χ0v) is 42.9. The second-order valence-corrected chi connectivity index (χ2v) is 20.3. The van der Waals surface area contributed by atoms with E-state index < -0.39 is 278 Å². The first-order chi connectivity index (χ1) is 41.0. The third kappa shape index (κ3) is 7.75. The number of phenolic OH excluding ortho intramolecular Hbond substituents is 19. The Balaban J connectivity index is 1.24. The predicted molar refractivity (Wildman–Crippen MR) is 276 cm³/mol. The summed E-state index contributed by atoms with van der Waals surface area (Å²) in [7, 11) is 0. The summed E-state index contributed by atoms with van der Waals surface area (Å²) in [5.41, 5.74) is -17.4. The summed E-state index contributed by atoms with van der Waals surface area (Å²) in [6.45, 7) is -1.64. The first-order valence-corrected chi connectivity index (χ1v) is 25.0. The van der Waals surface area contributed by atoms with Crippen LogP contribution in [0.2, 0.25) is 0 Å². The van der Waals surface area contributed by atoms with Crippen LogP contribution >= 0.6 is 0 Å². The zero-order chi connectivity index (χ0) is 62.7. The van der Waals surface area contributed by atoms with Crippen LogP contribution in [0, 0.1) is 0 Å². The number of phenols is 19. The molecule has 31 heteroatoms. The van der Waals surface area contributed by atoms with Gasteiger partial charge in [-0.25, -0.2) is 24.0 Å². The highest BCUT2D eigenvalue weighted by Crippen LogP contribution is 2.64. The number of aromatic hydroxyl groups is 19. The number of hydrogen-bond donors (Lipinski definition) is 20. The van der Waals surface area contributed by atoms with Gasteiger partial charge in [0, 0.05) is 62.6 Å². The van der Waals surface area contributed by atoms with Crippen molar-refractivity contribution in [2.24, 2.45) is 0 Å². The molecule has 0 amide bonds. The largest absolute Gasteiger partial charge is 0.507 e. The molecule has 0 fully saturated rings. The van der Waals surface area contributed by atoms with Crippen molar-refractivity contribution in [1.29, 1.82) is 0 Å². The smallest absolute Gasteiger partial charge is 0.340 e. The van der Waals surface area contributed by atoms with Gasteiger partial charge in [-0.05, 0) is 35.9 Å². The highest BCUT2D eigenvalue weighted by atomic mass is 16.6. The minimum Gasteiger partial charge on any atom is -0.507 e. The fourth-order valence-corrected chi connectivity index (χ4v) is 11.6. The van der Waals surface area contributed by atoms with Crippen LogP contribution in [0.15, 0.2) is 42.5 Å². The lowest BCUT2D eigenvalue weighted by Gasteiger charge is -2.43. The molecule has 20 N–H and O–H groups in total. The molecule has 6 heterocycles. The van der Waals surface area contributed by atoms with E-state index in [1.165, 1.54) is 0 Å². The molecule has 0 saturated carbocycles. The van der Waals surface area contributed by atoms with E-state index in [2.05, 4.69) is 0 Å². The first kappa shape index (κ1) is 55.4. The molecule has 0 aliphatic carbocycles. The summed E-state index contributed by atoms with van der Waals surface area (Å²) in [6.07, 6.45) is -15.7. The summed E-state index contributed by atoms with van der Waals surface area (Å²) >= 11 is 0. The molecule has 448 valence electrons. The average molecular weight is 1210 g/mol. The molecule has 7 aromatic carbocycles. The lowest BCUT2D eigenvalue weighted by atomic mass is 9.73. The fourth-order valence-electron chi connectivity index (χ4n) is 11.6. The second-order valence-electron chi connectivity index (χ2n) is 20.3. The Bertz CT molecular complexity index is 4350. The van der Waals surface area contributed by atoms with Gasteiger partial charge in [-0.1, -0.05) is 6.07 Å². The van der Waals surface area contributed by atoms with Gasteiger partial charge < -0.3 is 131 Å². The number of carbonyl (C=O) groups excluding carboxylic acids is 5. The molecule has 0 radical (unpaired) electrons. The van der Waals surface area contributed by atoms with Gasteiger partial charge in [0.15, 0.2) is 93.4 Å². The number of cyclic esters (lactones) is 1. The standard InChI is InChI=1S/C56H38O31/c57-15-2-1-10(3-17(15)59)47-22(64)4-11-16(58)8-18(60)27(48(11)84-47)32-31-34-30(43(73)46(76)44(31)74)29-33-28(41(71)45(75)42(29)72)26-14(7-21(63)37(67)40(26)70)53(78)83-23-9-82-52(77)12-5-19(61)35(65)38(68)24(12)25-13(6-20(62)36(66)39(25)69)54(79)85-49(23)51(87-56(33)81)50(32)86-55(34)80/h1-3,5-8,22-23,32,47,49-51,57-76H,4,9H2/t22-,23+,32-,47-,49+,50-,51-/m0/s1. The SMILES string of the molecule is O=C1OC[C@H]2OC(=O)c3cc(O)c(O)c(O)c3-c3c(O)c(O)c(O)c4c3C(=O)O[C@H]([C@H]3OC(=O)c5c-4c(O)c(O)c(O)c5[C@@H]3c3c(O)cc(O)c4c3O[C@@H](c3ccc(O)c(O)c3)[C@@H](O)C4)[C@@H]2OC(=O)c2cc(O)c(O)c(O)c2-c2c1cc(O)c(O)c2O. The summed E-state index contributed by atoms with van der Waals surface area (Å²) in [6, 6.07) is 4.59. The molecule has 6 bridgehead atoms. The van der Waals surface area contributed by atoms with Crippen LogP contribution in [0.3, 0.4) is 0 Å². The number of aliphatic hydroxyl groups excluding tert-OH is 1. The van der Waals surface area contributed by atoms with Crippen LogP contribution in [0.5, 0.6) is 115 Å². The van der Waals surface area contributed by atoms with Crippen LogP contribution in [0.4, 0.5) is 0 Å². The van der Waals surface area contributed by atoms with Crippen molar-refractivity contribution >= 4 is 29.8 Å². The highest BCUT2D eigenvalue weighted by Gasteiger charge is 2.58. The summed E-state index contributed by atoms with van der Waals surface area (Å²) in [4.78, 5) is 76.2. The number of carbonyl (C=O) groups is 5. The second kappa shape index (κ2) is 18.9. The molecule has 6 aliphatic heterocycles. The molecule has 13 rings (SSSR count). The van der Waals surface area contributed by atoms with Gasteiger partial charge >= 0.3 is 29.8 Å². The van der Waals surface area contributed by atoms with Crippen molar-refractivity contribution in [3.05, 3.63) is 92.5 Å². The van der Waals surface area contributed by atoms with Gasteiger partial charge in [0.2, 0.25) is 28.7 Å². The van der Waals surface area contributed by atoms with Crippen molar-refractivity contribution in [2.45, 2.75) is 49.0 Å². The molecular weight excluding hydrogens is 1170 g/mol. The molecule has 7 atom stereocenters. The Morgan fingerprint density at radius 3 is 1.37 bits per heavy atom. The summed E-state index contributed by atoms with van der Waals surface area (Å²) in [5.74, 6) is -40.6. The van der Waals surface area contributed by atoms with Gasteiger partial charge in [0.05, 0.1) is 39.8 Å². The fraction of sp³-hybridized carbons (Fsp3) is 0.161. The molecule has 7 aromatic rings. The van der Waals surface area contributed by atoms with Gasteiger partial charge in [0.25, 0.3) is 0 Å². The Hall–Kier alpha value is -12.2. The number of benzene rings is 7. The van der Waals surface area contributed by atoms with E-state index in [0.717, 1.165) is 18.2 Å². The lowest BCUT2D eigenvalue weighted by molar-refractivity contribution is -0.135. The number of hydrogen-bond acceptors (Lipinski definition) is 31. The summed E-state index contributed by atoms with van der Waals surface area (Å²) in [5, 5.41) is 228. The number of rotatable bonds is 2. The number of ether oxygens (including phenoxy) is 6. The minimum atomic E-state index is -3.01. The molecule has 31 nitrogen and oxygen atoms in total. The van der Waals surface area contributed by atoms with Crippen molar-refractivity contribution in [1.82, 2.24) is 0 Å². The average Bonchev–Trinajstić information content (AvgIpc) is 1.29. The van der Waals surface area contributed by atoms with Crippen LogP contribution < -0.4 is 4.74 Å². The maximum absolute atomic E-state index is 15.9. The van der Waals surface area contributed by atoms with Crippen molar-refractivity contribution in [3.63, 3.8) is 0 Å². The van der Waals surface area contributed by atoms with E-state index in [1.807, 2.05) is 0 Å². The summed E-state index contributed by atoms with van der Waals surface area (Å²) < 4.78 is 35.9. The molecule has 0 unspecified atom stereocenters. The molecule has 0 aromatic heterocycles. The van der Waals surface area contributed by atoms with E-state index in [0.29, 0.717) is 18.2 Å².